The van der Waals surface area contributed by atoms with E-state index in [0.717, 1.165) is 59.7 Å². The fourth-order valence-corrected chi connectivity index (χ4v) is 3.84. The topological polar surface area (TPSA) is 65.7 Å². The predicted octanol–water partition coefficient (Wildman–Crippen LogP) is 4.36. The molecule has 1 heterocycles. The van der Waals surface area contributed by atoms with E-state index in [2.05, 4.69) is 0 Å². The molecule has 0 amide bonds. The summed E-state index contributed by atoms with van der Waals surface area (Å²) < 4.78 is 16.6. The Bertz CT molecular complexity index is 1080. The molecule has 0 radical (unpaired) electrons. The smallest absolute Gasteiger partial charge is 0.344 e. The lowest BCUT2D eigenvalue weighted by atomic mass is 9.90. The Hall–Kier alpha value is -3.08. The average molecular weight is 392 g/mol. The van der Waals surface area contributed by atoms with E-state index >= 15 is 0 Å². The normalized spacial score (nSPS) is 13.1. The van der Waals surface area contributed by atoms with Crippen LogP contribution < -0.4 is 10.4 Å². The van der Waals surface area contributed by atoms with Crippen LogP contribution in [-0.2, 0) is 35.4 Å². The number of hydrogen-bond acceptors (Lipinski definition) is 5. The summed E-state index contributed by atoms with van der Waals surface area (Å²) in [6, 6.07) is 13.3. The van der Waals surface area contributed by atoms with Gasteiger partial charge >= 0.3 is 11.6 Å². The summed E-state index contributed by atoms with van der Waals surface area (Å²) in [5, 5.41) is 0.982. The third kappa shape index (κ3) is 4.19. The second-order valence-electron chi connectivity index (χ2n) is 7.30. The lowest BCUT2D eigenvalue weighted by Crippen LogP contribution is -2.17. The van der Waals surface area contributed by atoms with Crippen LogP contribution in [0.25, 0.3) is 11.0 Å². The average Bonchev–Trinajstić information content (AvgIpc) is 2.76. The Kier molecular flexibility index (Phi) is 5.65. The molecule has 150 valence electrons. The first-order valence-electron chi connectivity index (χ1n) is 10.1. The van der Waals surface area contributed by atoms with Gasteiger partial charge in [-0.25, -0.2) is 9.59 Å². The highest BCUT2D eigenvalue weighted by Gasteiger charge is 2.20. The highest BCUT2D eigenvalue weighted by atomic mass is 16.6. The van der Waals surface area contributed by atoms with Crippen LogP contribution in [0.5, 0.6) is 5.75 Å². The third-order valence-corrected chi connectivity index (χ3v) is 5.37. The van der Waals surface area contributed by atoms with E-state index in [-0.39, 0.29) is 18.8 Å². The third-order valence-electron chi connectivity index (χ3n) is 5.37. The Labute approximate surface area is 169 Å². The number of carbonyl (C=O) groups is 1. The first kappa shape index (κ1) is 19.2. The van der Waals surface area contributed by atoms with Gasteiger partial charge in [0.25, 0.3) is 0 Å². The first-order valence-corrected chi connectivity index (χ1v) is 10.1. The molecule has 0 atom stereocenters. The predicted molar refractivity (Wildman–Crippen MR) is 110 cm³/mol. The van der Waals surface area contributed by atoms with Gasteiger partial charge in [-0.15, -0.1) is 0 Å². The van der Waals surface area contributed by atoms with E-state index in [4.69, 9.17) is 13.9 Å². The molecule has 0 aliphatic heterocycles. The Balaban J connectivity index is 1.52. The molecule has 0 spiro atoms. The molecule has 4 rings (SSSR count). The number of rotatable bonds is 6. The zero-order chi connectivity index (χ0) is 20.2. The first-order chi connectivity index (χ1) is 14.2. The number of hydrogen-bond donors (Lipinski definition) is 0. The molecule has 0 unspecified atom stereocenters. The molecule has 5 heteroatoms. The van der Waals surface area contributed by atoms with Gasteiger partial charge in [0.05, 0.1) is 0 Å². The SMILES string of the molecule is CCc1cc2c3c(c(=O)oc2cc1OCC(=O)OCc1ccccc1)CCCC3. The Morgan fingerprint density at radius 2 is 1.83 bits per heavy atom. The van der Waals surface area contributed by atoms with Crippen molar-refractivity contribution >= 4 is 16.9 Å². The molecule has 0 N–H and O–H groups in total. The number of esters is 1. The minimum atomic E-state index is -0.442. The van der Waals surface area contributed by atoms with Gasteiger partial charge < -0.3 is 13.9 Å². The molecule has 1 aromatic heterocycles. The van der Waals surface area contributed by atoms with Crippen LogP contribution in [0.15, 0.2) is 51.7 Å². The molecule has 0 fully saturated rings. The van der Waals surface area contributed by atoms with Gasteiger partial charge in [0.1, 0.15) is 17.9 Å². The van der Waals surface area contributed by atoms with Crippen molar-refractivity contribution in [3.05, 3.63) is 75.1 Å². The number of ether oxygens (including phenoxy) is 2. The van der Waals surface area contributed by atoms with E-state index < -0.39 is 5.97 Å². The maximum atomic E-state index is 12.3. The molecular formula is C24H24O5. The van der Waals surface area contributed by atoms with Crippen LogP contribution in [0.1, 0.15) is 42.0 Å². The summed E-state index contributed by atoms with van der Waals surface area (Å²) in [6.07, 6.45) is 4.53. The van der Waals surface area contributed by atoms with Crippen molar-refractivity contribution in [3.63, 3.8) is 0 Å². The molecule has 0 saturated carbocycles. The van der Waals surface area contributed by atoms with Gasteiger partial charge in [-0.05, 0) is 54.9 Å². The van der Waals surface area contributed by atoms with Gasteiger partial charge in [-0.2, -0.15) is 0 Å². The Morgan fingerprint density at radius 3 is 2.59 bits per heavy atom. The Morgan fingerprint density at radius 1 is 1.07 bits per heavy atom. The van der Waals surface area contributed by atoms with Crippen molar-refractivity contribution in [2.24, 2.45) is 0 Å². The van der Waals surface area contributed by atoms with Crippen LogP contribution in [0.4, 0.5) is 0 Å². The number of carbonyl (C=O) groups excluding carboxylic acids is 1. The van der Waals surface area contributed by atoms with E-state index in [0.29, 0.717) is 11.3 Å². The van der Waals surface area contributed by atoms with Crippen molar-refractivity contribution in [2.45, 2.75) is 45.6 Å². The summed E-state index contributed by atoms with van der Waals surface area (Å²) in [5.41, 5.74) is 4.07. The number of aryl methyl sites for hydroxylation is 2. The van der Waals surface area contributed by atoms with Gasteiger partial charge in [0, 0.05) is 17.0 Å². The van der Waals surface area contributed by atoms with Crippen LogP contribution in [0, 0.1) is 0 Å². The van der Waals surface area contributed by atoms with Crippen molar-refractivity contribution in [3.8, 4) is 5.75 Å². The summed E-state index contributed by atoms with van der Waals surface area (Å²) in [4.78, 5) is 24.4. The van der Waals surface area contributed by atoms with Gasteiger partial charge in [0.2, 0.25) is 0 Å². The van der Waals surface area contributed by atoms with Crippen LogP contribution in [0.2, 0.25) is 0 Å². The largest absolute Gasteiger partial charge is 0.481 e. The van der Waals surface area contributed by atoms with Crippen molar-refractivity contribution in [1.29, 1.82) is 0 Å². The summed E-state index contributed by atoms with van der Waals surface area (Å²) >= 11 is 0. The fourth-order valence-electron chi connectivity index (χ4n) is 3.84. The van der Waals surface area contributed by atoms with E-state index in [1.165, 1.54) is 0 Å². The van der Waals surface area contributed by atoms with Gasteiger partial charge in [0.15, 0.2) is 6.61 Å². The second-order valence-corrected chi connectivity index (χ2v) is 7.30. The highest BCUT2D eigenvalue weighted by Crippen LogP contribution is 2.32. The number of fused-ring (bicyclic) bond motifs is 3. The zero-order valence-electron chi connectivity index (χ0n) is 16.5. The quantitative estimate of drug-likeness (QED) is 0.461. The van der Waals surface area contributed by atoms with Gasteiger partial charge in [-0.1, -0.05) is 37.3 Å². The lowest BCUT2D eigenvalue weighted by molar-refractivity contribution is -0.147. The molecule has 1 aliphatic rings. The van der Waals surface area contributed by atoms with Crippen molar-refractivity contribution in [1.82, 2.24) is 0 Å². The molecular weight excluding hydrogens is 368 g/mol. The maximum Gasteiger partial charge on any atom is 0.344 e. The maximum absolute atomic E-state index is 12.3. The summed E-state index contributed by atoms with van der Waals surface area (Å²) in [7, 11) is 0. The molecule has 5 nitrogen and oxygen atoms in total. The molecule has 0 saturated heterocycles. The fraction of sp³-hybridized carbons (Fsp3) is 0.333. The van der Waals surface area contributed by atoms with Gasteiger partial charge in [-0.3, -0.25) is 0 Å². The van der Waals surface area contributed by atoms with Crippen LogP contribution in [-0.4, -0.2) is 12.6 Å². The lowest BCUT2D eigenvalue weighted by Gasteiger charge is -2.18. The van der Waals surface area contributed by atoms with Crippen LogP contribution >= 0.6 is 0 Å². The highest BCUT2D eigenvalue weighted by molar-refractivity contribution is 5.84. The van der Waals surface area contributed by atoms with Crippen molar-refractivity contribution < 1.29 is 18.7 Å². The standard InChI is InChI=1S/C24H24O5/c1-2-17-12-20-18-10-6-7-11-19(18)24(26)29-22(20)13-21(17)27-15-23(25)28-14-16-8-4-3-5-9-16/h3-5,8-9,12-13H,2,6-7,10-11,14-15H2,1H3. The minimum absolute atomic E-state index is 0.194. The minimum Gasteiger partial charge on any atom is -0.481 e. The van der Waals surface area contributed by atoms with E-state index in [9.17, 15) is 9.59 Å². The molecule has 2 aromatic carbocycles. The molecule has 0 bridgehead atoms. The zero-order valence-corrected chi connectivity index (χ0v) is 16.5. The van der Waals surface area contributed by atoms with E-state index in [1.807, 2.05) is 43.3 Å². The van der Waals surface area contributed by atoms with E-state index in [1.54, 1.807) is 6.07 Å². The summed E-state index contributed by atoms with van der Waals surface area (Å²) in [6.45, 7) is 2.05. The second kappa shape index (κ2) is 8.52. The summed E-state index contributed by atoms with van der Waals surface area (Å²) in [5.74, 6) is 0.110. The molecule has 3 aromatic rings. The molecule has 29 heavy (non-hydrogen) atoms. The number of benzene rings is 2. The van der Waals surface area contributed by atoms with Crippen LogP contribution in [0.3, 0.4) is 0 Å². The van der Waals surface area contributed by atoms with Crippen molar-refractivity contribution in [2.75, 3.05) is 6.61 Å². The molecule has 1 aliphatic carbocycles. The monoisotopic (exact) mass is 392 g/mol.